The predicted molar refractivity (Wildman–Crippen MR) is 168 cm³/mol. The highest BCUT2D eigenvalue weighted by Gasteiger charge is 2.25. The lowest BCUT2D eigenvalue weighted by molar-refractivity contribution is -0.0588. The van der Waals surface area contributed by atoms with Crippen LogP contribution >= 0.6 is 0 Å². The lowest BCUT2D eigenvalue weighted by Crippen LogP contribution is -2.32. The Kier molecular flexibility index (Phi) is 8.50. The molecule has 0 spiro atoms. The van der Waals surface area contributed by atoms with E-state index in [1.807, 2.05) is 43.5 Å². The number of rotatable bonds is 8. The monoisotopic (exact) mass is 610 g/mol. The summed E-state index contributed by atoms with van der Waals surface area (Å²) in [4.78, 5) is 32.4. The Balaban J connectivity index is 1.15. The van der Waals surface area contributed by atoms with Crippen molar-refractivity contribution in [3.63, 3.8) is 0 Å². The molecule has 2 aliphatic heterocycles. The fourth-order valence-electron chi connectivity index (χ4n) is 5.27. The van der Waals surface area contributed by atoms with Gasteiger partial charge >= 0.3 is 5.97 Å². The minimum absolute atomic E-state index is 0.0223. The molecule has 4 aromatic rings. The van der Waals surface area contributed by atoms with Gasteiger partial charge in [-0.1, -0.05) is 23.8 Å². The minimum atomic E-state index is -0.617. The smallest absolute Gasteiger partial charge is 0.357 e. The van der Waals surface area contributed by atoms with Crippen LogP contribution in [0.1, 0.15) is 61.9 Å². The topological polar surface area (TPSA) is 96.0 Å². The Morgan fingerprint density at radius 2 is 1.93 bits per heavy atom. The molecule has 2 fully saturated rings. The van der Waals surface area contributed by atoms with Gasteiger partial charge in [0.15, 0.2) is 17.0 Å². The third-order valence-electron chi connectivity index (χ3n) is 7.72. The Morgan fingerprint density at radius 3 is 2.62 bits per heavy atom. The van der Waals surface area contributed by atoms with E-state index in [1.165, 1.54) is 11.6 Å². The van der Waals surface area contributed by atoms with Crippen LogP contribution in [-0.2, 0) is 22.6 Å². The summed E-state index contributed by atoms with van der Waals surface area (Å²) in [5.41, 5.74) is 2.87. The van der Waals surface area contributed by atoms with E-state index < -0.39 is 17.4 Å². The molecule has 3 aromatic heterocycles. The van der Waals surface area contributed by atoms with Gasteiger partial charge in [0.1, 0.15) is 35.2 Å². The van der Waals surface area contributed by atoms with Gasteiger partial charge in [-0.15, -0.1) is 0 Å². The number of carbonyl (C=O) groups is 1. The van der Waals surface area contributed by atoms with E-state index in [1.54, 1.807) is 24.3 Å². The molecule has 2 saturated heterocycles. The summed E-state index contributed by atoms with van der Waals surface area (Å²) in [5.74, 6) is 1.07. The lowest BCUT2D eigenvalue weighted by Gasteiger charge is -2.30. The number of esters is 1. The summed E-state index contributed by atoms with van der Waals surface area (Å²) in [6.45, 7) is 15.4. The van der Waals surface area contributed by atoms with Crippen molar-refractivity contribution in [2.75, 3.05) is 24.6 Å². The first kappa shape index (κ1) is 30.2. The molecular weight excluding hydrogens is 575 g/mol. The van der Waals surface area contributed by atoms with Crippen LogP contribution in [0, 0.1) is 12.4 Å². The van der Waals surface area contributed by atoms with Gasteiger partial charge in [0.05, 0.1) is 19.2 Å². The molecule has 10 nitrogen and oxygen atoms in total. The highest BCUT2D eigenvalue weighted by molar-refractivity contribution is 5.90. The molecule has 5 heterocycles. The Labute approximate surface area is 261 Å². The van der Waals surface area contributed by atoms with E-state index in [-0.39, 0.29) is 24.1 Å². The number of nitrogens with zero attached hydrogens (tertiary/aromatic N) is 6. The number of halogens is 1. The number of imidazole rings is 1. The number of carbonyl (C=O) groups excluding carboxylic acids is 1. The van der Waals surface area contributed by atoms with E-state index in [2.05, 4.69) is 25.8 Å². The van der Waals surface area contributed by atoms with Gasteiger partial charge in [0.25, 0.3) is 0 Å². The minimum Gasteiger partial charge on any atom is -0.473 e. The van der Waals surface area contributed by atoms with Crippen LogP contribution in [0.15, 0.2) is 54.1 Å². The van der Waals surface area contributed by atoms with Gasteiger partial charge in [0, 0.05) is 31.3 Å². The molecule has 0 bridgehead atoms. The number of pyridine rings is 2. The molecule has 0 aliphatic carbocycles. The highest BCUT2D eigenvalue weighted by atomic mass is 19.1. The standard InChI is InChI=1S/C34H35FN6O4/c1-34(2,3)45-33(42)28-11-10-27-32(38-28)41(20-25-14-17-43-25)30(37-27)18-22-12-15-40(16-13-22)29-6-5-7-31(39-29)44-21-23-8-9-24(36-4)19-26(23)35/h5-11,18-19,25H,12-17,20-21H2,1-3H3/t25-/m0/s1. The van der Waals surface area contributed by atoms with Crippen LogP contribution in [0.3, 0.4) is 0 Å². The van der Waals surface area contributed by atoms with Gasteiger partial charge in [0.2, 0.25) is 5.88 Å². The fourth-order valence-corrected chi connectivity index (χ4v) is 5.27. The lowest BCUT2D eigenvalue weighted by atomic mass is 10.0. The van der Waals surface area contributed by atoms with Crippen molar-refractivity contribution >= 4 is 34.7 Å². The number of fused-ring (bicyclic) bond motifs is 1. The fraction of sp³-hybridized carbons (Fsp3) is 0.382. The SMILES string of the molecule is [C-]#[N+]c1ccc(COc2cccc(N3CCC(=Cc4nc5ccc(C(=O)OC(C)(C)C)nc5n4C[C@@H]4CCO4)CC3)n2)c(F)c1. The summed E-state index contributed by atoms with van der Waals surface area (Å²) in [6, 6.07) is 13.4. The number of piperidine rings is 1. The van der Waals surface area contributed by atoms with Crippen molar-refractivity contribution in [1.82, 2.24) is 19.5 Å². The molecule has 0 radical (unpaired) electrons. The van der Waals surface area contributed by atoms with E-state index in [0.717, 1.165) is 50.6 Å². The zero-order valence-electron chi connectivity index (χ0n) is 25.6. The average Bonchev–Trinajstić information content (AvgIpc) is 3.33. The van der Waals surface area contributed by atoms with Gasteiger partial charge in [-0.25, -0.2) is 24.0 Å². The molecule has 45 heavy (non-hydrogen) atoms. The molecule has 0 unspecified atom stereocenters. The van der Waals surface area contributed by atoms with Gasteiger partial charge in [-0.05, 0) is 70.4 Å². The molecule has 0 N–H and O–H groups in total. The summed E-state index contributed by atoms with van der Waals surface area (Å²) >= 11 is 0. The number of anilines is 1. The van der Waals surface area contributed by atoms with E-state index in [9.17, 15) is 9.18 Å². The van der Waals surface area contributed by atoms with Crippen molar-refractivity contribution < 1.29 is 23.4 Å². The molecule has 0 saturated carbocycles. The number of ether oxygens (including phenoxy) is 3. The predicted octanol–water partition coefficient (Wildman–Crippen LogP) is 6.52. The number of hydrogen-bond acceptors (Lipinski definition) is 8. The van der Waals surface area contributed by atoms with Gasteiger partial charge < -0.3 is 23.7 Å². The van der Waals surface area contributed by atoms with Gasteiger partial charge in [-0.3, -0.25) is 0 Å². The molecule has 232 valence electrons. The van der Waals surface area contributed by atoms with Crippen molar-refractivity contribution in [2.24, 2.45) is 0 Å². The summed E-state index contributed by atoms with van der Waals surface area (Å²) in [6.07, 6.45) is 4.83. The number of aromatic nitrogens is 4. The highest BCUT2D eigenvalue weighted by Crippen LogP contribution is 2.28. The summed E-state index contributed by atoms with van der Waals surface area (Å²) < 4.78 is 33.4. The third-order valence-corrected chi connectivity index (χ3v) is 7.72. The van der Waals surface area contributed by atoms with E-state index >= 15 is 0 Å². The van der Waals surface area contributed by atoms with Crippen molar-refractivity contribution in [2.45, 2.75) is 64.9 Å². The second-order valence-corrected chi connectivity index (χ2v) is 12.2. The van der Waals surface area contributed by atoms with E-state index in [4.69, 9.17) is 25.8 Å². The molecule has 2 aliphatic rings. The Bertz CT molecular complexity index is 1790. The van der Waals surface area contributed by atoms with Crippen LogP contribution in [0.25, 0.3) is 22.1 Å². The summed E-state index contributed by atoms with van der Waals surface area (Å²) in [7, 11) is 0. The van der Waals surface area contributed by atoms with Gasteiger partial charge in [-0.2, -0.15) is 4.98 Å². The molecule has 6 rings (SSSR count). The maximum atomic E-state index is 14.3. The maximum absolute atomic E-state index is 14.3. The van der Waals surface area contributed by atoms with Crippen LogP contribution in [-0.4, -0.2) is 56.9 Å². The second kappa shape index (κ2) is 12.7. The first-order valence-corrected chi connectivity index (χ1v) is 15.1. The van der Waals surface area contributed by atoms with Crippen molar-refractivity contribution in [1.29, 1.82) is 0 Å². The van der Waals surface area contributed by atoms with Crippen LogP contribution < -0.4 is 9.64 Å². The molecule has 11 heteroatoms. The summed E-state index contributed by atoms with van der Waals surface area (Å²) in [5, 5.41) is 0. The molecule has 1 atom stereocenters. The largest absolute Gasteiger partial charge is 0.473 e. The quantitative estimate of drug-likeness (QED) is 0.164. The van der Waals surface area contributed by atoms with Crippen LogP contribution in [0.4, 0.5) is 15.9 Å². The first-order chi connectivity index (χ1) is 21.6. The van der Waals surface area contributed by atoms with Crippen molar-refractivity contribution in [3.8, 4) is 5.88 Å². The average molecular weight is 611 g/mol. The Hall–Kier alpha value is -4.82. The maximum Gasteiger partial charge on any atom is 0.357 e. The zero-order valence-corrected chi connectivity index (χ0v) is 25.6. The normalized spacial score (nSPS) is 16.6. The van der Waals surface area contributed by atoms with Crippen LogP contribution in [0.5, 0.6) is 5.88 Å². The zero-order chi connectivity index (χ0) is 31.6. The molecule has 1 aromatic carbocycles. The molecule has 0 amide bonds. The number of hydrogen-bond donors (Lipinski definition) is 0. The first-order valence-electron chi connectivity index (χ1n) is 15.1. The Morgan fingerprint density at radius 1 is 1.13 bits per heavy atom. The molecular formula is C34H35FN6O4. The number of benzene rings is 1. The third kappa shape index (κ3) is 7.13. The van der Waals surface area contributed by atoms with E-state index in [0.29, 0.717) is 29.2 Å². The van der Waals surface area contributed by atoms with Crippen LogP contribution in [0.2, 0.25) is 0 Å². The van der Waals surface area contributed by atoms with Crippen molar-refractivity contribution in [3.05, 3.63) is 88.4 Å². The second-order valence-electron chi connectivity index (χ2n) is 12.2.